The van der Waals surface area contributed by atoms with Gasteiger partial charge >= 0.3 is 6.18 Å². The van der Waals surface area contributed by atoms with Gasteiger partial charge in [0.25, 0.3) is 11.8 Å². The SMILES string of the molecule is C=C(C)C(F)(F)c1ccccc1-c1cnc(C(=O)Nc2ccc(C(F)(F)F)nc2)c(N2CCCC(O)C2)c1. The lowest BCUT2D eigenvalue weighted by atomic mass is 9.93. The molecule has 1 aliphatic rings. The van der Waals surface area contributed by atoms with Gasteiger partial charge in [-0.15, -0.1) is 0 Å². The Morgan fingerprint density at radius 2 is 1.84 bits per heavy atom. The molecule has 0 bridgehead atoms. The molecule has 3 aromatic rings. The van der Waals surface area contributed by atoms with Crippen LogP contribution in [0.15, 0.2) is 67.0 Å². The second kappa shape index (κ2) is 10.5. The second-order valence-electron chi connectivity index (χ2n) is 9.12. The Kier molecular flexibility index (Phi) is 7.50. The maximum Gasteiger partial charge on any atom is 0.433 e. The molecule has 0 saturated carbocycles. The third-order valence-electron chi connectivity index (χ3n) is 6.24. The summed E-state index contributed by atoms with van der Waals surface area (Å²) in [6.07, 6.45) is -1.93. The monoisotopic (exact) mass is 532 g/mol. The lowest BCUT2D eigenvalue weighted by molar-refractivity contribution is -0.141. The predicted molar refractivity (Wildman–Crippen MR) is 133 cm³/mol. The number of aliphatic hydroxyl groups excluding tert-OH is 1. The number of carbonyl (C=O) groups excluding carboxylic acids is 1. The van der Waals surface area contributed by atoms with Crippen LogP contribution in [-0.2, 0) is 12.1 Å². The third kappa shape index (κ3) is 5.67. The van der Waals surface area contributed by atoms with E-state index >= 15 is 0 Å². The van der Waals surface area contributed by atoms with Gasteiger partial charge in [0.05, 0.1) is 23.7 Å². The molecule has 0 spiro atoms. The molecule has 11 heteroatoms. The molecule has 1 aromatic carbocycles. The van der Waals surface area contributed by atoms with E-state index in [2.05, 4.69) is 21.9 Å². The molecule has 1 aliphatic heterocycles. The number of hydrogen-bond donors (Lipinski definition) is 2. The number of alkyl halides is 5. The summed E-state index contributed by atoms with van der Waals surface area (Å²) < 4.78 is 68.4. The summed E-state index contributed by atoms with van der Waals surface area (Å²) >= 11 is 0. The van der Waals surface area contributed by atoms with Crippen molar-refractivity contribution < 1.29 is 31.9 Å². The van der Waals surface area contributed by atoms with Gasteiger partial charge in [0.15, 0.2) is 5.69 Å². The van der Waals surface area contributed by atoms with Crippen molar-refractivity contribution in [1.29, 1.82) is 0 Å². The fraction of sp³-hybridized carbons (Fsp3) is 0.296. The third-order valence-corrected chi connectivity index (χ3v) is 6.24. The largest absolute Gasteiger partial charge is 0.433 e. The first kappa shape index (κ1) is 27.2. The minimum absolute atomic E-state index is 0.0185. The zero-order valence-corrected chi connectivity index (χ0v) is 20.4. The number of halogens is 5. The summed E-state index contributed by atoms with van der Waals surface area (Å²) in [7, 11) is 0. The van der Waals surface area contributed by atoms with E-state index in [1.807, 2.05) is 0 Å². The summed E-state index contributed by atoms with van der Waals surface area (Å²) in [5.41, 5.74) is -0.949. The maximum atomic E-state index is 15.0. The summed E-state index contributed by atoms with van der Waals surface area (Å²) in [5.74, 6) is -4.04. The number of piperidine rings is 1. The average molecular weight is 533 g/mol. The van der Waals surface area contributed by atoms with Gasteiger partial charge in [0.1, 0.15) is 5.69 Å². The van der Waals surface area contributed by atoms with E-state index in [-0.39, 0.29) is 34.6 Å². The Morgan fingerprint density at radius 1 is 1.11 bits per heavy atom. The van der Waals surface area contributed by atoms with E-state index in [1.165, 1.54) is 31.3 Å². The summed E-state index contributed by atoms with van der Waals surface area (Å²) in [5, 5.41) is 12.7. The maximum absolute atomic E-state index is 15.0. The van der Waals surface area contributed by atoms with Crippen LogP contribution < -0.4 is 10.2 Å². The molecular formula is C27H25F5N4O2. The molecule has 1 saturated heterocycles. The molecule has 1 atom stereocenters. The fourth-order valence-corrected chi connectivity index (χ4v) is 4.25. The van der Waals surface area contributed by atoms with Crippen LogP contribution >= 0.6 is 0 Å². The van der Waals surface area contributed by atoms with Gasteiger partial charge in [-0.2, -0.15) is 22.0 Å². The number of β-amino-alcohol motifs (C(OH)–C–C–N with tert-alkyl or cyclic N) is 1. The Bertz CT molecular complexity index is 1340. The van der Waals surface area contributed by atoms with Crippen molar-refractivity contribution in [3.8, 4) is 11.1 Å². The predicted octanol–water partition coefficient (Wildman–Crippen LogP) is 6.04. The minimum Gasteiger partial charge on any atom is -0.391 e. The first-order chi connectivity index (χ1) is 17.9. The van der Waals surface area contributed by atoms with E-state index in [0.717, 1.165) is 18.3 Å². The molecule has 0 aliphatic carbocycles. The Balaban J connectivity index is 1.74. The zero-order chi connectivity index (χ0) is 27.7. The molecule has 3 heterocycles. The van der Waals surface area contributed by atoms with Crippen LogP contribution in [0.2, 0.25) is 0 Å². The highest BCUT2D eigenvalue weighted by Crippen LogP contribution is 2.41. The van der Waals surface area contributed by atoms with Crippen LogP contribution in [0.5, 0.6) is 0 Å². The summed E-state index contributed by atoms with van der Waals surface area (Å²) in [6.45, 7) is 5.32. The summed E-state index contributed by atoms with van der Waals surface area (Å²) in [6, 6.07) is 9.28. The second-order valence-corrected chi connectivity index (χ2v) is 9.12. The number of hydrogen-bond acceptors (Lipinski definition) is 5. The van der Waals surface area contributed by atoms with E-state index in [9.17, 15) is 31.9 Å². The van der Waals surface area contributed by atoms with Gasteiger partial charge in [-0.3, -0.25) is 4.79 Å². The molecule has 2 N–H and O–H groups in total. The number of nitrogens with zero attached hydrogens (tertiary/aromatic N) is 3. The van der Waals surface area contributed by atoms with E-state index in [4.69, 9.17) is 0 Å². The highest BCUT2D eigenvalue weighted by Gasteiger charge is 2.35. The quantitative estimate of drug-likeness (QED) is 0.299. The van der Waals surface area contributed by atoms with Crippen LogP contribution in [0, 0.1) is 0 Å². The average Bonchev–Trinajstić information content (AvgIpc) is 2.88. The topological polar surface area (TPSA) is 78.4 Å². The smallest absolute Gasteiger partial charge is 0.391 e. The van der Waals surface area contributed by atoms with Crippen LogP contribution in [-0.4, -0.2) is 40.2 Å². The van der Waals surface area contributed by atoms with Crippen LogP contribution in [0.1, 0.15) is 41.5 Å². The first-order valence-corrected chi connectivity index (χ1v) is 11.8. The lowest BCUT2D eigenvalue weighted by Gasteiger charge is -2.33. The Labute approximate surface area is 215 Å². The number of rotatable bonds is 6. The molecule has 0 radical (unpaired) electrons. The highest BCUT2D eigenvalue weighted by atomic mass is 19.4. The van der Waals surface area contributed by atoms with E-state index < -0.39 is 29.8 Å². The van der Waals surface area contributed by atoms with Crippen molar-refractivity contribution in [1.82, 2.24) is 9.97 Å². The van der Waals surface area contributed by atoms with Crippen LogP contribution in [0.3, 0.4) is 0 Å². The first-order valence-electron chi connectivity index (χ1n) is 11.8. The molecule has 6 nitrogen and oxygen atoms in total. The molecule has 2 aromatic heterocycles. The van der Waals surface area contributed by atoms with Gasteiger partial charge in [-0.05, 0) is 49.1 Å². The Hall–Kier alpha value is -3.86. The Morgan fingerprint density at radius 3 is 2.47 bits per heavy atom. The van der Waals surface area contributed by atoms with Gasteiger partial charge in [0, 0.05) is 30.4 Å². The number of allylic oxidation sites excluding steroid dienone is 1. The van der Waals surface area contributed by atoms with Gasteiger partial charge in [0.2, 0.25) is 0 Å². The van der Waals surface area contributed by atoms with E-state index in [0.29, 0.717) is 30.6 Å². The molecule has 200 valence electrons. The van der Waals surface area contributed by atoms with Crippen LogP contribution in [0.25, 0.3) is 11.1 Å². The van der Waals surface area contributed by atoms with Gasteiger partial charge in [-0.1, -0.05) is 30.8 Å². The minimum atomic E-state index is -4.63. The molecule has 1 unspecified atom stereocenters. The standard InChI is InChI=1S/C27H25F5N4O2/c1-16(2)26(28,29)21-8-4-3-7-20(21)17-12-22(36-11-5-6-19(37)15-36)24(34-13-17)25(38)35-18-9-10-23(33-14-18)27(30,31)32/h3-4,7-10,12-14,19,37H,1,5-6,11,15H2,2H3,(H,35,38). The fourth-order valence-electron chi connectivity index (χ4n) is 4.25. The van der Waals surface area contributed by atoms with Crippen molar-refractivity contribution >= 4 is 17.3 Å². The molecule has 1 fully saturated rings. The number of carbonyl (C=O) groups is 1. The summed E-state index contributed by atoms with van der Waals surface area (Å²) in [4.78, 5) is 22.5. The van der Waals surface area contributed by atoms with Crippen LogP contribution in [0.4, 0.5) is 33.3 Å². The number of amides is 1. The zero-order valence-electron chi connectivity index (χ0n) is 20.4. The molecule has 4 rings (SSSR count). The van der Waals surface area contributed by atoms with Crippen molar-refractivity contribution in [3.05, 3.63) is 84.0 Å². The molecule has 1 amide bonds. The van der Waals surface area contributed by atoms with Crippen molar-refractivity contribution in [2.75, 3.05) is 23.3 Å². The lowest BCUT2D eigenvalue weighted by Crippen LogP contribution is -2.39. The van der Waals surface area contributed by atoms with Crippen molar-refractivity contribution in [2.24, 2.45) is 0 Å². The number of anilines is 2. The highest BCUT2D eigenvalue weighted by molar-refractivity contribution is 6.07. The normalized spacial score (nSPS) is 16.3. The molecule has 38 heavy (non-hydrogen) atoms. The molecular weight excluding hydrogens is 507 g/mol. The van der Waals surface area contributed by atoms with Gasteiger partial charge in [-0.25, -0.2) is 9.97 Å². The number of aromatic nitrogens is 2. The number of pyridine rings is 2. The van der Waals surface area contributed by atoms with E-state index in [1.54, 1.807) is 17.0 Å². The number of benzene rings is 1. The van der Waals surface area contributed by atoms with Crippen molar-refractivity contribution in [2.45, 2.75) is 38.0 Å². The number of nitrogens with one attached hydrogen (secondary N) is 1. The van der Waals surface area contributed by atoms with Crippen molar-refractivity contribution in [3.63, 3.8) is 0 Å². The number of aliphatic hydroxyl groups is 1. The van der Waals surface area contributed by atoms with Gasteiger partial charge < -0.3 is 15.3 Å².